The molecule has 3 N–H and O–H groups in total. The molecule has 4 nitrogen and oxygen atoms in total. The van der Waals surface area contributed by atoms with Gasteiger partial charge in [0, 0.05) is 37.6 Å². The minimum atomic E-state index is -0.324. The molecular weight excluding hydrogens is 262 g/mol. The third-order valence-corrected chi connectivity index (χ3v) is 3.98. The van der Waals surface area contributed by atoms with Crippen molar-refractivity contribution < 1.29 is 4.79 Å². The Hall–Kier alpha value is -0.610. The number of nitrogens with zero attached hydrogens (tertiary/aromatic N) is 1. The van der Waals surface area contributed by atoms with Crippen molar-refractivity contribution in [2.24, 2.45) is 22.5 Å². The largest absolute Gasteiger partial charge is 0.352 e. The zero-order valence-electron chi connectivity index (χ0n) is 14.8. The van der Waals surface area contributed by atoms with Gasteiger partial charge in [-0.25, -0.2) is 0 Å². The SMILES string of the molecule is CC(C)(C)CC1CC(NC(=O)C(C)(C)C)CN(CCN)C1. The maximum Gasteiger partial charge on any atom is 0.225 e. The van der Waals surface area contributed by atoms with E-state index in [2.05, 4.69) is 31.0 Å². The smallest absolute Gasteiger partial charge is 0.225 e. The summed E-state index contributed by atoms with van der Waals surface area (Å²) in [5, 5.41) is 3.24. The van der Waals surface area contributed by atoms with Crippen LogP contribution in [0.2, 0.25) is 0 Å². The van der Waals surface area contributed by atoms with Crippen LogP contribution in [0.3, 0.4) is 0 Å². The Kier molecular flexibility index (Phi) is 6.23. The molecule has 0 aromatic rings. The molecule has 2 unspecified atom stereocenters. The molecule has 1 rings (SSSR count). The number of carbonyl (C=O) groups excluding carboxylic acids is 1. The lowest BCUT2D eigenvalue weighted by atomic mass is 9.80. The lowest BCUT2D eigenvalue weighted by Crippen LogP contribution is -2.54. The summed E-state index contributed by atoms with van der Waals surface area (Å²) < 4.78 is 0. The van der Waals surface area contributed by atoms with Crippen molar-refractivity contribution in [3.05, 3.63) is 0 Å². The fourth-order valence-corrected chi connectivity index (χ4v) is 3.19. The summed E-state index contributed by atoms with van der Waals surface area (Å²) in [6, 6.07) is 0.254. The highest BCUT2D eigenvalue weighted by molar-refractivity contribution is 5.81. The highest BCUT2D eigenvalue weighted by Gasteiger charge is 2.32. The number of nitrogens with one attached hydrogen (secondary N) is 1. The second-order valence-electron chi connectivity index (χ2n) is 8.84. The number of hydrogen-bond acceptors (Lipinski definition) is 3. The highest BCUT2D eigenvalue weighted by Crippen LogP contribution is 2.30. The number of nitrogens with two attached hydrogens (primary N) is 1. The van der Waals surface area contributed by atoms with E-state index in [1.807, 2.05) is 20.8 Å². The topological polar surface area (TPSA) is 58.4 Å². The molecule has 0 bridgehead atoms. The van der Waals surface area contributed by atoms with Crippen LogP contribution in [0.5, 0.6) is 0 Å². The summed E-state index contributed by atoms with van der Waals surface area (Å²) in [6.07, 6.45) is 2.27. The Balaban J connectivity index is 2.68. The van der Waals surface area contributed by atoms with E-state index in [-0.39, 0.29) is 17.4 Å². The summed E-state index contributed by atoms with van der Waals surface area (Å²) in [6.45, 7) is 16.4. The highest BCUT2D eigenvalue weighted by atomic mass is 16.2. The molecule has 1 amide bonds. The number of rotatable bonds is 4. The standard InChI is InChI=1S/C17H35N3O/c1-16(2,3)10-13-9-14(12-20(11-13)8-7-18)19-15(21)17(4,5)6/h13-14H,7-12,18H2,1-6H3,(H,19,21). The first-order valence-corrected chi connectivity index (χ1v) is 8.24. The summed E-state index contributed by atoms with van der Waals surface area (Å²) in [5.41, 5.74) is 5.72. The second-order valence-corrected chi connectivity index (χ2v) is 8.84. The lowest BCUT2D eigenvalue weighted by molar-refractivity contribution is -0.129. The average molecular weight is 297 g/mol. The molecule has 0 aliphatic carbocycles. The fourth-order valence-electron chi connectivity index (χ4n) is 3.19. The Morgan fingerprint density at radius 3 is 2.29 bits per heavy atom. The predicted octanol–water partition coefficient (Wildman–Crippen LogP) is 2.23. The number of hydrogen-bond donors (Lipinski definition) is 2. The van der Waals surface area contributed by atoms with Crippen molar-refractivity contribution in [2.75, 3.05) is 26.2 Å². The molecule has 21 heavy (non-hydrogen) atoms. The molecule has 1 aliphatic rings. The third kappa shape index (κ3) is 6.79. The van der Waals surface area contributed by atoms with E-state index in [1.54, 1.807) is 0 Å². The molecule has 4 heteroatoms. The quantitative estimate of drug-likeness (QED) is 0.836. The molecule has 0 saturated carbocycles. The Morgan fingerprint density at radius 1 is 1.19 bits per heavy atom. The summed E-state index contributed by atoms with van der Waals surface area (Å²) >= 11 is 0. The van der Waals surface area contributed by atoms with Crippen LogP contribution in [-0.4, -0.2) is 43.0 Å². The molecular formula is C17H35N3O. The summed E-state index contributed by atoms with van der Waals surface area (Å²) in [4.78, 5) is 14.6. The first-order chi connectivity index (χ1) is 9.51. The molecule has 0 spiro atoms. The Bertz CT molecular complexity index is 341. The van der Waals surface area contributed by atoms with Gasteiger partial charge in [-0.15, -0.1) is 0 Å². The lowest BCUT2D eigenvalue weighted by Gasteiger charge is -2.40. The Morgan fingerprint density at radius 2 is 1.81 bits per heavy atom. The minimum Gasteiger partial charge on any atom is -0.352 e. The van der Waals surface area contributed by atoms with Gasteiger partial charge in [-0.3, -0.25) is 9.69 Å². The molecule has 1 saturated heterocycles. The molecule has 0 radical (unpaired) electrons. The van der Waals surface area contributed by atoms with Gasteiger partial charge in [0.05, 0.1) is 0 Å². The molecule has 1 aliphatic heterocycles. The number of amides is 1. The van der Waals surface area contributed by atoms with Crippen LogP contribution in [0, 0.1) is 16.7 Å². The zero-order valence-corrected chi connectivity index (χ0v) is 14.8. The van der Waals surface area contributed by atoms with Crippen molar-refractivity contribution >= 4 is 5.91 Å². The van der Waals surface area contributed by atoms with Crippen LogP contribution in [0.1, 0.15) is 54.4 Å². The molecule has 0 aromatic heterocycles. The van der Waals surface area contributed by atoms with Gasteiger partial charge in [0.2, 0.25) is 5.91 Å². The normalized spacial score (nSPS) is 24.9. The summed E-state index contributed by atoms with van der Waals surface area (Å²) in [5.74, 6) is 0.784. The van der Waals surface area contributed by atoms with Gasteiger partial charge in [-0.1, -0.05) is 41.5 Å². The molecule has 2 atom stereocenters. The van der Waals surface area contributed by atoms with E-state index in [0.717, 1.165) is 26.1 Å². The van der Waals surface area contributed by atoms with Crippen molar-refractivity contribution in [3.8, 4) is 0 Å². The van der Waals surface area contributed by atoms with E-state index in [4.69, 9.17) is 5.73 Å². The predicted molar refractivity (Wildman–Crippen MR) is 89.1 cm³/mol. The molecule has 1 heterocycles. The van der Waals surface area contributed by atoms with Gasteiger partial charge in [0.15, 0.2) is 0 Å². The van der Waals surface area contributed by atoms with Crippen molar-refractivity contribution in [1.29, 1.82) is 0 Å². The third-order valence-electron chi connectivity index (χ3n) is 3.98. The van der Waals surface area contributed by atoms with Gasteiger partial charge < -0.3 is 11.1 Å². The number of carbonyl (C=O) groups is 1. The Labute approximate surface area is 130 Å². The average Bonchev–Trinajstić information content (AvgIpc) is 2.25. The van der Waals surface area contributed by atoms with Crippen LogP contribution in [0.4, 0.5) is 0 Å². The van der Waals surface area contributed by atoms with Crippen LogP contribution in [0.15, 0.2) is 0 Å². The van der Waals surface area contributed by atoms with E-state index in [1.165, 1.54) is 6.42 Å². The maximum atomic E-state index is 12.2. The zero-order chi connectivity index (χ0) is 16.3. The van der Waals surface area contributed by atoms with E-state index in [0.29, 0.717) is 17.9 Å². The molecule has 1 fully saturated rings. The van der Waals surface area contributed by atoms with Crippen molar-refractivity contribution in [1.82, 2.24) is 10.2 Å². The van der Waals surface area contributed by atoms with Crippen molar-refractivity contribution in [3.63, 3.8) is 0 Å². The monoisotopic (exact) mass is 297 g/mol. The fraction of sp³-hybridized carbons (Fsp3) is 0.941. The van der Waals surface area contributed by atoms with Crippen LogP contribution in [-0.2, 0) is 4.79 Å². The van der Waals surface area contributed by atoms with Gasteiger partial charge in [-0.2, -0.15) is 0 Å². The van der Waals surface area contributed by atoms with Gasteiger partial charge in [0.1, 0.15) is 0 Å². The number of piperidine rings is 1. The van der Waals surface area contributed by atoms with Gasteiger partial charge in [0.25, 0.3) is 0 Å². The van der Waals surface area contributed by atoms with Crippen LogP contribution >= 0.6 is 0 Å². The van der Waals surface area contributed by atoms with E-state index in [9.17, 15) is 4.79 Å². The summed E-state index contributed by atoms with van der Waals surface area (Å²) in [7, 11) is 0. The maximum absolute atomic E-state index is 12.2. The number of likely N-dealkylation sites (tertiary alicyclic amines) is 1. The second kappa shape index (κ2) is 7.10. The minimum absolute atomic E-state index is 0.150. The first-order valence-electron chi connectivity index (χ1n) is 8.24. The van der Waals surface area contributed by atoms with Crippen LogP contribution in [0.25, 0.3) is 0 Å². The molecule has 124 valence electrons. The van der Waals surface area contributed by atoms with Crippen LogP contribution < -0.4 is 11.1 Å². The first kappa shape index (κ1) is 18.4. The van der Waals surface area contributed by atoms with Gasteiger partial charge in [-0.05, 0) is 24.2 Å². The molecule has 0 aromatic carbocycles. The van der Waals surface area contributed by atoms with Crippen molar-refractivity contribution in [2.45, 2.75) is 60.4 Å². The van der Waals surface area contributed by atoms with Gasteiger partial charge >= 0.3 is 0 Å². The van der Waals surface area contributed by atoms with E-state index >= 15 is 0 Å². The van der Waals surface area contributed by atoms with E-state index < -0.39 is 0 Å².